The quantitative estimate of drug-likeness (QED) is 0.0506. The molecule has 2 saturated heterocycles. The van der Waals surface area contributed by atoms with Gasteiger partial charge >= 0.3 is 0 Å². The zero-order valence-electron chi connectivity index (χ0n) is 46.0. The highest BCUT2D eigenvalue weighted by Gasteiger charge is 2.63. The molecule has 11 heteroatoms. The molecule has 0 saturated carbocycles. The minimum absolute atomic E-state index is 0.0347. The van der Waals surface area contributed by atoms with Gasteiger partial charge in [-0.15, -0.1) is 0 Å². The van der Waals surface area contributed by atoms with E-state index in [1.807, 2.05) is 250 Å². The van der Waals surface area contributed by atoms with E-state index in [2.05, 4.69) is 0 Å². The number of hydrogen-bond donors (Lipinski definition) is 1. The van der Waals surface area contributed by atoms with Crippen LogP contribution in [0, 0.1) is 0 Å². The summed E-state index contributed by atoms with van der Waals surface area (Å²) >= 11 is 0. The predicted molar refractivity (Wildman–Crippen MR) is 310 cm³/mol. The van der Waals surface area contributed by atoms with Crippen molar-refractivity contribution in [2.45, 2.75) is 126 Å². The monoisotopic (exact) mass is 1090 g/mol. The molecule has 0 unspecified atom stereocenters. The molecule has 0 spiro atoms. The van der Waals surface area contributed by atoms with Gasteiger partial charge in [0.1, 0.15) is 48.8 Å². The molecule has 0 aromatic heterocycles. The molecule has 2 fully saturated rings. The summed E-state index contributed by atoms with van der Waals surface area (Å²) < 4.78 is 71.0. The van der Waals surface area contributed by atoms with E-state index in [1.54, 1.807) is 0 Å². The molecule has 0 amide bonds. The smallest absolute Gasteiger partial charge is 0.198 e. The summed E-state index contributed by atoms with van der Waals surface area (Å²) in [6, 6.07) is 80.0. The maximum Gasteiger partial charge on any atom is 0.198 e. The summed E-state index contributed by atoms with van der Waals surface area (Å²) in [4.78, 5) is 0. The van der Waals surface area contributed by atoms with Crippen LogP contribution in [0.4, 0.5) is 0 Å². The lowest BCUT2D eigenvalue weighted by Gasteiger charge is -2.56. The van der Waals surface area contributed by atoms with Gasteiger partial charge in [0.2, 0.25) is 0 Å². The second-order valence-corrected chi connectivity index (χ2v) is 21.1. The lowest BCUT2D eigenvalue weighted by Crippen LogP contribution is -2.72. The highest BCUT2D eigenvalue weighted by molar-refractivity contribution is 5.21. The number of aliphatic hydroxyl groups is 1. The standard InChI is InChI=1S/C70H74O11/c1-69(67(78-48-59-38-22-8-23-39-59)65(76-46-57-34-18-6-19-35-57)63(74-44-55-30-14-4-15-31-55)61(80-69)50-72-42-53-26-10-2-11-27-53)52-70(71)68(79-49-60-40-24-9-25-41-60)66(77-47-58-36-20-7-21-37-58)64(75-45-56-32-16-5-17-33-56)62(81-70)51-73-43-54-28-12-3-13-29-54/h2-41,61-68,71H,42-52H2,1H3/t61-,62-,63-,64-,65+,66+,67-,68-,69-,70+/m1/s1. The Hall–Kier alpha value is -6.68. The van der Waals surface area contributed by atoms with Gasteiger partial charge in [0.05, 0.1) is 71.7 Å². The number of benzene rings is 8. The third-order valence-electron chi connectivity index (χ3n) is 14.9. The molecule has 1 N–H and O–H groups in total. The Labute approximate surface area is 477 Å². The van der Waals surface area contributed by atoms with Crippen LogP contribution in [0.15, 0.2) is 243 Å². The fraction of sp³-hybridized carbons (Fsp3) is 0.314. The lowest BCUT2D eigenvalue weighted by atomic mass is 9.77. The molecule has 8 aromatic rings. The molecular formula is C70H74O11. The average Bonchev–Trinajstić information content (AvgIpc) is 3.55. The van der Waals surface area contributed by atoms with Crippen LogP contribution in [0.2, 0.25) is 0 Å². The topological polar surface area (TPSA) is 113 Å². The Balaban J connectivity index is 1.08. The first kappa shape index (κ1) is 57.6. The molecule has 2 aliphatic rings. The van der Waals surface area contributed by atoms with Crippen molar-refractivity contribution in [2.75, 3.05) is 13.2 Å². The highest BCUT2D eigenvalue weighted by atomic mass is 16.7. The van der Waals surface area contributed by atoms with Crippen LogP contribution in [-0.4, -0.2) is 78.5 Å². The third kappa shape index (κ3) is 16.3. The van der Waals surface area contributed by atoms with Crippen molar-refractivity contribution in [3.8, 4) is 0 Å². The first-order valence-electron chi connectivity index (χ1n) is 28.1. The van der Waals surface area contributed by atoms with Crippen LogP contribution in [0.5, 0.6) is 0 Å². The van der Waals surface area contributed by atoms with Crippen LogP contribution in [0.1, 0.15) is 57.9 Å². The first-order valence-corrected chi connectivity index (χ1v) is 28.1. The van der Waals surface area contributed by atoms with Gasteiger partial charge in [-0.2, -0.15) is 0 Å². The molecule has 8 aromatic carbocycles. The summed E-state index contributed by atoms with van der Waals surface area (Å²) in [5, 5.41) is 14.2. The van der Waals surface area contributed by atoms with Crippen molar-refractivity contribution < 1.29 is 52.5 Å². The normalized spacial score (nSPS) is 24.6. The van der Waals surface area contributed by atoms with Crippen LogP contribution < -0.4 is 0 Å². The molecular weight excluding hydrogens is 1020 g/mol. The zero-order chi connectivity index (χ0) is 55.4. The van der Waals surface area contributed by atoms with Gasteiger partial charge in [0, 0.05) is 6.42 Å². The Kier molecular flexibility index (Phi) is 20.8. The Bertz CT molecular complexity index is 2800. The molecule has 81 heavy (non-hydrogen) atoms. The predicted octanol–water partition coefficient (Wildman–Crippen LogP) is 12.6. The Morgan fingerprint density at radius 3 is 0.877 bits per heavy atom. The summed E-state index contributed by atoms with van der Waals surface area (Å²) in [7, 11) is 0. The molecule has 2 aliphatic heterocycles. The second kappa shape index (κ2) is 29.3. The van der Waals surface area contributed by atoms with Gasteiger partial charge in [-0.05, 0) is 51.4 Å². The van der Waals surface area contributed by atoms with Gasteiger partial charge in [-0.1, -0.05) is 243 Å². The van der Waals surface area contributed by atoms with Crippen LogP contribution in [0.3, 0.4) is 0 Å². The summed E-state index contributed by atoms with van der Waals surface area (Å²) in [5.41, 5.74) is 6.24. The third-order valence-corrected chi connectivity index (χ3v) is 14.9. The number of ether oxygens (including phenoxy) is 10. The molecule has 2 heterocycles. The molecule has 420 valence electrons. The lowest BCUT2D eigenvalue weighted by molar-refractivity contribution is -0.393. The van der Waals surface area contributed by atoms with E-state index in [-0.39, 0.29) is 59.3 Å². The highest BCUT2D eigenvalue weighted by Crippen LogP contribution is 2.46. The first-order chi connectivity index (χ1) is 39.9. The molecule has 10 rings (SSSR count). The van der Waals surface area contributed by atoms with Gasteiger partial charge in [-0.25, -0.2) is 0 Å². The van der Waals surface area contributed by atoms with E-state index in [1.165, 1.54) is 0 Å². The number of hydrogen-bond acceptors (Lipinski definition) is 11. The minimum Gasteiger partial charge on any atom is -0.374 e. The van der Waals surface area contributed by atoms with Crippen molar-refractivity contribution in [1.29, 1.82) is 0 Å². The van der Waals surface area contributed by atoms with Crippen LogP contribution in [0.25, 0.3) is 0 Å². The summed E-state index contributed by atoms with van der Waals surface area (Å²) in [6.45, 7) is 3.94. The van der Waals surface area contributed by atoms with E-state index in [4.69, 9.17) is 47.4 Å². The van der Waals surface area contributed by atoms with Gasteiger partial charge in [0.25, 0.3) is 0 Å². The average molecular weight is 1090 g/mol. The van der Waals surface area contributed by atoms with E-state index >= 15 is 0 Å². The summed E-state index contributed by atoms with van der Waals surface area (Å²) in [5.74, 6) is -2.18. The van der Waals surface area contributed by atoms with Gasteiger partial charge in [-0.3, -0.25) is 0 Å². The molecule has 0 bridgehead atoms. The van der Waals surface area contributed by atoms with Crippen LogP contribution >= 0.6 is 0 Å². The van der Waals surface area contributed by atoms with E-state index in [9.17, 15) is 5.11 Å². The number of rotatable bonds is 28. The van der Waals surface area contributed by atoms with E-state index < -0.39 is 60.2 Å². The molecule has 0 radical (unpaired) electrons. The molecule has 11 nitrogen and oxygen atoms in total. The van der Waals surface area contributed by atoms with E-state index in [0.717, 1.165) is 44.5 Å². The summed E-state index contributed by atoms with van der Waals surface area (Å²) in [6.07, 6.45) is -7.22. The van der Waals surface area contributed by atoms with Crippen molar-refractivity contribution in [3.05, 3.63) is 287 Å². The van der Waals surface area contributed by atoms with Crippen LogP contribution in [-0.2, 0) is 100 Å². The van der Waals surface area contributed by atoms with Gasteiger partial charge < -0.3 is 52.5 Å². The maximum absolute atomic E-state index is 14.2. The fourth-order valence-corrected chi connectivity index (χ4v) is 10.9. The molecule has 0 aliphatic carbocycles. The van der Waals surface area contributed by atoms with Crippen molar-refractivity contribution in [2.24, 2.45) is 0 Å². The largest absolute Gasteiger partial charge is 0.374 e. The Morgan fingerprint density at radius 1 is 0.309 bits per heavy atom. The molecule has 10 atom stereocenters. The van der Waals surface area contributed by atoms with E-state index in [0.29, 0.717) is 13.2 Å². The fourth-order valence-electron chi connectivity index (χ4n) is 10.9. The second-order valence-electron chi connectivity index (χ2n) is 21.1. The van der Waals surface area contributed by atoms with Crippen molar-refractivity contribution in [3.63, 3.8) is 0 Å². The van der Waals surface area contributed by atoms with Crippen molar-refractivity contribution >= 4 is 0 Å². The Morgan fingerprint density at radius 2 is 0.556 bits per heavy atom. The van der Waals surface area contributed by atoms with Crippen molar-refractivity contribution in [1.82, 2.24) is 0 Å². The minimum atomic E-state index is -2.18. The SMILES string of the molecule is C[C@]1(C[C@]2(O)O[C@H](COCc3ccccc3)[C@@H](OCc3ccccc3)[C@H](OCc3ccccc3)[C@H]2OCc2ccccc2)O[C@H](COCc2ccccc2)[C@@H](OCc2ccccc2)[C@H](OCc2ccccc2)[C@H]1OCc1ccccc1. The maximum atomic E-state index is 14.2. The van der Waals surface area contributed by atoms with Gasteiger partial charge in [0.15, 0.2) is 5.79 Å². The zero-order valence-corrected chi connectivity index (χ0v) is 46.0.